The molecule has 78 valence electrons. The Bertz CT molecular complexity index is 292. The summed E-state index contributed by atoms with van der Waals surface area (Å²) in [7, 11) is 1.46. The molecular formula is C10H16N2O2. The van der Waals surface area contributed by atoms with Gasteiger partial charge >= 0.3 is 0 Å². The maximum absolute atomic E-state index is 11.7. The molecule has 0 bridgehead atoms. The summed E-state index contributed by atoms with van der Waals surface area (Å²) >= 11 is 0. The van der Waals surface area contributed by atoms with E-state index in [2.05, 4.69) is 0 Å². The number of rotatable bonds is 3. The fourth-order valence-electron chi connectivity index (χ4n) is 0.871. The minimum atomic E-state index is -0.594. The Morgan fingerprint density at radius 3 is 2.29 bits per heavy atom. The minimum absolute atomic E-state index is 0.000602. The van der Waals surface area contributed by atoms with Crippen molar-refractivity contribution in [2.45, 2.75) is 20.8 Å². The van der Waals surface area contributed by atoms with Crippen molar-refractivity contribution >= 4 is 5.78 Å². The Labute approximate surface area is 84.3 Å². The molecule has 2 N–H and O–H groups in total. The van der Waals surface area contributed by atoms with Crippen LogP contribution in [0.4, 0.5) is 0 Å². The number of hydrogen-bond donors (Lipinski definition) is 1. The van der Waals surface area contributed by atoms with Crippen molar-refractivity contribution < 1.29 is 9.53 Å². The third-order valence-corrected chi connectivity index (χ3v) is 1.64. The van der Waals surface area contributed by atoms with E-state index < -0.39 is 5.41 Å². The van der Waals surface area contributed by atoms with Crippen LogP contribution >= 0.6 is 0 Å². The Morgan fingerprint density at radius 2 is 2.00 bits per heavy atom. The molecule has 0 aromatic rings. The number of carbonyl (C=O) groups is 1. The van der Waals surface area contributed by atoms with Gasteiger partial charge in [-0.25, -0.2) is 0 Å². The lowest BCUT2D eigenvalue weighted by molar-refractivity contribution is -0.122. The standard InChI is InChI=1S/C10H16N2O2/c1-10(2,3)9(13)7(5-11)8(12)6-14-4/h6,12H2,1-4H3/b8-7-. The number of ether oxygens (including phenoxy) is 1. The van der Waals surface area contributed by atoms with E-state index in [-0.39, 0.29) is 23.7 Å². The number of nitrogens with zero attached hydrogens (tertiary/aromatic N) is 1. The van der Waals surface area contributed by atoms with Crippen LogP contribution < -0.4 is 5.73 Å². The molecule has 0 saturated heterocycles. The van der Waals surface area contributed by atoms with E-state index in [1.54, 1.807) is 20.8 Å². The van der Waals surface area contributed by atoms with Crippen LogP contribution in [0.15, 0.2) is 11.3 Å². The molecule has 0 heterocycles. The SMILES string of the molecule is COC/C(N)=C(\C#N)C(=O)C(C)(C)C. The highest BCUT2D eigenvalue weighted by atomic mass is 16.5. The molecule has 0 spiro atoms. The molecule has 0 saturated carbocycles. The number of methoxy groups -OCH3 is 1. The topological polar surface area (TPSA) is 76.1 Å². The molecule has 4 heteroatoms. The van der Waals surface area contributed by atoms with E-state index in [1.165, 1.54) is 7.11 Å². The molecule has 0 aromatic carbocycles. The van der Waals surface area contributed by atoms with Crippen molar-refractivity contribution in [1.29, 1.82) is 5.26 Å². The zero-order valence-electron chi connectivity index (χ0n) is 9.05. The number of nitrogens with two attached hydrogens (primary N) is 1. The fraction of sp³-hybridized carbons (Fsp3) is 0.600. The van der Waals surface area contributed by atoms with Crippen molar-refractivity contribution in [2.75, 3.05) is 13.7 Å². The van der Waals surface area contributed by atoms with Gasteiger partial charge in [-0.1, -0.05) is 20.8 Å². The summed E-state index contributed by atoms with van der Waals surface area (Å²) in [6.45, 7) is 5.33. The van der Waals surface area contributed by atoms with Crippen molar-refractivity contribution in [1.82, 2.24) is 0 Å². The van der Waals surface area contributed by atoms with Gasteiger partial charge in [-0.2, -0.15) is 5.26 Å². The normalized spacial score (nSPS) is 13.1. The highest BCUT2D eigenvalue weighted by Crippen LogP contribution is 2.20. The second kappa shape index (κ2) is 4.77. The number of allylic oxidation sites excluding steroid dienone is 1. The van der Waals surface area contributed by atoms with E-state index in [9.17, 15) is 4.79 Å². The molecular weight excluding hydrogens is 180 g/mol. The molecule has 4 nitrogen and oxygen atoms in total. The van der Waals surface area contributed by atoms with E-state index in [0.717, 1.165) is 0 Å². The van der Waals surface area contributed by atoms with Gasteiger partial charge in [-0.3, -0.25) is 4.79 Å². The molecule has 0 aliphatic heterocycles. The zero-order chi connectivity index (χ0) is 11.4. The maximum atomic E-state index is 11.7. The van der Waals surface area contributed by atoms with E-state index in [1.807, 2.05) is 6.07 Å². The van der Waals surface area contributed by atoms with Gasteiger partial charge in [0.05, 0.1) is 12.3 Å². The lowest BCUT2D eigenvalue weighted by atomic mass is 9.86. The lowest BCUT2D eigenvalue weighted by Gasteiger charge is -2.16. The Kier molecular flexibility index (Phi) is 4.32. The Morgan fingerprint density at radius 1 is 1.50 bits per heavy atom. The van der Waals surface area contributed by atoms with Crippen LogP contribution in [0.3, 0.4) is 0 Å². The Hall–Kier alpha value is -1.34. The van der Waals surface area contributed by atoms with Gasteiger partial charge in [0.25, 0.3) is 0 Å². The van der Waals surface area contributed by atoms with Crippen molar-refractivity contribution in [3.63, 3.8) is 0 Å². The molecule has 0 atom stereocenters. The minimum Gasteiger partial charge on any atom is -0.399 e. The monoisotopic (exact) mass is 196 g/mol. The maximum Gasteiger partial charge on any atom is 0.180 e. The Balaban J connectivity index is 5.03. The molecule has 0 aromatic heterocycles. The van der Waals surface area contributed by atoms with Gasteiger partial charge in [0.1, 0.15) is 11.6 Å². The molecule has 0 unspecified atom stereocenters. The van der Waals surface area contributed by atoms with E-state index >= 15 is 0 Å². The number of carbonyl (C=O) groups excluding carboxylic acids is 1. The quantitative estimate of drug-likeness (QED) is 0.539. The summed E-state index contributed by atoms with van der Waals surface area (Å²) < 4.78 is 4.76. The van der Waals surface area contributed by atoms with Crippen LogP contribution in [0, 0.1) is 16.7 Å². The van der Waals surface area contributed by atoms with Crippen molar-refractivity contribution in [3.05, 3.63) is 11.3 Å². The molecule has 0 aliphatic rings. The van der Waals surface area contributed by atoms with Crippen LogP contribution in [0.2, 0.25) is 0 Å². The van der Waals surface area contributed by atoms with Crippen molar-refractivity contribution in [2.24, 2.45) is 11.1 Å². The van der Waals surface area contributed by atoms with E-state index in [0.29, 0.717) is 0 Å². The van der Waals surface area contributed by atoms with Crippen LogP contribution in [-0.4, -0.2) is 19.5 Å². The number of hydrogen-bond acceptors (Lipinski definition) is 4. The van der Waals surface area contributed by atoms with Gasteiger partial charge in [0, 0.05) is 12.5 Å². The summed E-state index contributed by atoms with van der Waals surface area (Å²) in [5, 5.41) is 8.79. The third kappa shape index (κ3) is 3.19. The predicted octanol–water partition coefficient (Wildman–Crippen LogP) is 0.984. The summed E-state index contributed by atoms with van der Waals surface area (Å²) in [5.74, 6) is -0.255. The highest BCUT2D eigenvalue weighted by molar-refractivity contribution is 6.03. The van der Waals surface area contributed by atoms with Gasteiger partial charge in [0.2, 0.25) is 0 Å². The average Bonchev–Trinajstić information content (AvgIpc) is 2.04. The average molecular weight is 196 g/mol. The molecule has 0 amide bonds. The third-order valence-electron chi connectivity index (χ3n) is 1.64. The van der Waals surface area contributed by atoms with Crippen LogP contribution in [0.5, 0.6) is 0 Å². The molecule has 0 aliphatic carbocycles. The number of Topliss-reactive ketones (excluding diaryl/α,β-unsaturated/α-hetero) is 1. The van der Waals surface area contributed by atoms with Gasteiger partial charge in [-0.05, 0) is 0 Å². The summed E-state index contributed by atoms with van der Waals surface area (Å²) in [4.78, 5) is 11.7. The highest BCUT2D eigenvalue weighted by Gasteiger charge is 2.26. The fourth-order valence-corrected chi connectivity index (χ4v) is 0.871. The molecule has 0 radical (unpaired) electrons. The predicted molar refractivity (Wildman–Crippen MR) is 53.2 cm³/mol. The summed E-state index contributed by atoms with van der Waals surface area (Å²) in [6, 6.07) is 1.82. The van der Waals surface area contributed by atoms with Gasteiger partial charge in [0.15, 0.2) is 5.78 Å². The van der Waals surface area contributed by atoms with Crippen LogP contribution in [0.1, 0.15) is 20.8 Å². The smallest absolute Gasteiger partial charge is 0.180 e. The van der Waals surface area contributed by atoms with Crippen LogP contribution in [-0.2, 0) is 9.53 Å². The molecule has 14 heavy (non-hydrogen) atoms. The summed E-state index contributed by atoms with van der Waals surface area (Å²) in [5.41, 5.74) is 5.14. The summed E-state index contributed by atoms with van der Waals surface area (Å²) in [6.07, 6.45) is 0. The first-order valence-corrected chi connectivity index (χ1v) is 4.27. The zero-order valence-corrected chi connectivity index (χ0v) is 9.05. The largest absolute Gasteiger partial charge is 0.399 e. The second-order valence-electron chi connectivity index (χ2n) is 4.02. The first-order chi connectivity index (χ1) is 6.34. The van der Waals surface area contributed by atoms with Crippen LogP contribution in [0.25, 0.3) is 0 Å². The molecule has 0 rings (SSSR count). The lowest BCUT2D eigenvalue weighted by Crippen LogP contribution is -2.25. The molecule has 0 fully saturated rings. The van der Waals surface area contributed by atoms with Gasteiger partial charge in [-0.15, -0.1) is 0 Å². The number of ketones is 1. The van der Waals surface area contributed by atoms with E-state index in [4.69, 9.17) is 15.7 Å². The van der Waals surface area contributed by atoms with Gasteiger partial charge < -0.3 is 10.5 Å². The second-order valence-corrected chi connectivity index (χ2v) is 4.02. The first-order valence-electron chi connectivity index (χ1n) is 4.27. The first kappa shape index (κ1) is 12.7. The van der Waals surface area contributed by atoms with Crippen molar-refractivity contribution in [3.8, 4) is 6.07 Å². The number of nitriles is 1.